The fourth-order valence-corrected chi connectivity index (χ4v) is 1.86. The van der Waals surface area contributed by atoms with E-state index in [9.17, 15) is 5.11 Å². The Balaban J connectivity index is 2.58. The average molecular weight is 222 g/mol. The molecule has 0 bridgehead atoms. The maximum Gasteiger partial charge on any atom is 0.0856 e. The molecule has 3 heteroatoms. The molecule has 0 spiro atoms. The van der Waals surface area contributed by atoms with Crippen molar-refractivity contribution in [3.05, 3.63) is 41.6 Å². The molecule has 1 N–H and O–H groups in total. The van der Waals surface area contributed by atoms with E-state index >= 15 is 0 Å². The lowest BCUT2D eigenvalue weighted by molar-refractivity contribution is 0.276. The third-order valence-electron chi connectivity index (χ3n) is 2.41. The van der Waals surface area contributed by atoms with Crippen LogP contribution in [0.1, 0.15) is 11.3 Å². The molecule has 1 aromatic carbocycles. The third kappa shape index (κ3) is 2.11. The normalized spacial score (nSPS) is 10.8. The van der Waals surface area contributed by atoms with E-state index < -0.39 is 0 Å². The molecule has 1 heterocycles. The molecule has 0 saturated heterocycles. The van der Waals surface area contributed by atoms with Crippen LogP contribution in [0.2, 0.25) is 0 Å². The molecule has 0 aliphatic heterocycles. The van der Waals surface area contributed by atoms with Gasteiger partial charge >= 0.3 is 0 Å². The zero-order valence-corrected chi connectivity index (χ0v) is 9.04. The number of para-hydroxylation sites is 1. The minimum atomic E-state index is -0.0307. The summed E-state index contributed by atoms with van der Waals surface area (Å²) >= 11 is 5.71. The number of pyridine rings is 1. The van der Waals surface area contributed by atoms with E-state index in [0.29, 0.717) is 5.88 Å². The number of benzene rings is 1. The molecule has 2 nitrogen and oxygen atoms in total. The molecule has 0 radical (unpaired) electrons. The second kappa shape index (κ2) is 4.60. The largest absolute Gasteiger partial charge is 0.390 e. The Labute approximate surface area is 93.5 Å². The zero-order valence-electron chi connectivity index (χ0n) is 8.28. The highest BCUT2D eigenvalue weighted by molar-refractivity contribution is 6.18. The van der Waals surface area contributed by atoms with Gasteiger partial charge in [0.2, 0.25) is 0 Å². The first-order chi connectivity index (χ1) is 7.35. The van der Waals surface area contributed by atoms with Gasteiger partial charge in [0, 0.05) is 11.3 Å². The first-order valence-electron chi connectivity index (χ1n) is 4.89. The molecule has 78 valence electrons. The molecule has 0 unspecified atom stereocenters. The van der Waals surface area contributed by atoms with Crippen molar-refractivity contribution in [3.63, 3.8) is 0 Å². The van der Waals surface area contributed by atoms with Gasteiger partial charge in [-0.2, -0.15) is 0 Å². The van der Waals surface area contributed by atoms with E-state index in [4.69, 9.17) is 11.6 Å². The number of nitrogens with zero attached hydrogens (tertiary/aromatic N) is 1. The number of aliphatic hydroxyl groups excluding tert-OH is 1. The first kappa shape index (κ1) is 10.4. The summed E-state index contributed by atoms with van der Waals surface area (Å²) in [4.78, 5) is 4.40. The summed E-state index contributed by atoms with van der Waals surface area (Å²) in [6.45, 7) is -0.0307. The molecule has 2 rings (SSSR count). The molecular weight excluding hydrogens is 210 g/mol. The predicted molar refractivity (Wildman–Crippen MR) is 62.1 cm³/mol. The average Bonchev–Trinajstić information content (AvgIpc) is 2.28. The summed E-state index contributed by atoms with van der Waals surface area (Å²) in [6, 6.07) is 9.93. The molecule has 2 aromatic rings. The summed E-state index contributed by atoms with van der Waals surface area (Å²) in [5.74, 6) is 0.549. The van der Waals surface area contributed by atoms with Gasteiger partial charge in [0.25, 0.3) is 0 Å². The standard InChI is InChI=1S/C12H12ClNO/c13-6-5-10-7-9-3-1-2-4-11(9)14-12(10)8-15/h1-4,7,15H,5-6,8H2. The Hall–Kier alpha value is -1.12. The highest BCUT2D eigenvalue weighted by Crippen LogP contribution is 2.17. The van der Waals surface area contributed by atoms with Crippen LogP contribution in [0.5, 0.6) is 0 Å². The number of hydrogen-bond acceptors (Lipinski definition) is 2. The maximum absolute atomic E-state index is 9.20. The quantitative estimate of drug-likeness (QED) is 0.808. The number of aliphatic hydroxyl groups is 1. The lowest BCUT2D eigenvalue weighted by Crippen LogP contribution is -1.99. The second-order valence-corrected chi connectivity index (χ2v) is 3.76. The summed E-state index contributed by atoms with van der Waals surface area (Å²) in [6.07, 6.45) is 0.745. The van der Waals surface area contributed by atoms with Gasteiger partial charge in [-0.3, -0.25) is 4.98 Å². The predicted octanol–water partition coefficient (Wildman–Crippen LogP) is 2.51. The Kier molecular flexibility index (Phi) is 3.19. The molecule has 0 aliphatic carbocycles. The van der Waals surface area contributed by atoms with Crippen LogP contribution in [0.15, 0.2) is 30.3 Å². The number of halogens is 1. The molecule has 0 amide bonds. The van der Waals surface area contributed by atoms with Crippen molar-refractivity contribution in [1.29, 1.82) is 0 Å². The lowest BCUT2D eigenvalue weighted by atomic mass is 10.1. The number of aromatic nitrogens is 1. The zero-order chi connectivity index (χ0) is 10.7. The molecular formula is C12H12ClNO. The first-order valence-corrected chi connectivity index (χ1v) is 5.43. The van der Waals surface area contributed by atoms with Crippen molar-refractivity contribution in [2.75, 3.05) is 5.88 Å². The molecule has 1 aromatic heterocycles. The lowest BCUT2D eigenvalue weighted by Gasteiger charge is -2.07. The van der Waals surface area contributed by atoms with Crippen molar-refractivity contribution >= 4 is 22.5 Å². The van der Waals surface area contributed by atoms with Gasteiger partial charge in [-0.1, -0.05) is 18.2 Å². The Morgan fingerprint density at radius 1 is 1.27 bits per heavy atom. The number of alkyl halides is 1. The number of rotatable bonds is 3. The van der Waals surface area contributed by atoms with E-state index in [-0.39, 0.29) is 6.61 Å². The molecule has 0 atom stereocenters. The van der Waals surface area contributed by atoms with Gasteiger partial charge in [-0.15, -0.1) is 11.6 Å². The number of aryl methyl sites for hydroxylation is 1. The van der Waals surface area contributed by atoms with Gasteiger partial charge in [0.05, 0.1) is 17.8 Å². The molecule has 0 saturated carbocycles. The Morgan fingerprint density at radius 2 is 2.07 bits per heavy atom. The fourth-order valence-electron chi connectivity index (χ4n) is 1.65. The van der Waals surface area contributed by atoms with Crippen molar-refractivity contribution in [2.24, 2.45) is 0 Å². The van der Waals surface area contributed by atoms with E-state index in [1.54, 1.807) is 0 Å². The summed E-state index contributed by atoms with van der Waals surface area (Å²) < 4.78 is 0. The van der Waals surface area contributed by atoms with Crippen molar-refractivity contribution in [1.82, 2.24) is 4.98 Å². The van der Waals surface area contributed by atoms with Gasteiger partial charge in [-0.25, -0.2) is 0 Å². The number of hydrogen-bond donors (Lipinski definition) is 1. The molecule has 0 aliphatic rings. The molecule has 15 heavy (non-hydrogen) atoms. The van der Waals surface area contributed by atoms with Crippen LogP contribution in [-0.2, 0) is 13.0 Å². The minimum absolute atomic E-state index is 0.0307. The second-order valence-electron chi connectivity index (χ2n) is 3.38. The minimum Gasteiger partial charge on any atom is -0.390 e. The fraction of sp³-hybridized carbons (Fsp3) is 0.250. The highest BCUT2D eigenvalue weighted by atomic mass is 35.5. The van der Waals surface area contributed by atoms with E-state index in [1.165, 1.54) is 0 Å². The van der Waals surface area contributed by atoms with Crippen LogP contribution in [0.25, 0.3) is 10.9 Å². The summed E-state index contributed by atoms with van der Waals surface area (Å²) in [5, 5.41) is 10.3. The van der Waals surface area contributed by atoms with E-state index in [2.05, 4.69) is 11.1 Å². The third-order valence-corrected chi connectivity index (χ3v) is 2.60. The van der Waals surface area contributed by atoms with Crippen LogP contribution >= 0.6 is 11.6 Å². The van der Waals surface area contributed by atoms with Crippen molar-refractivity contribution < 1.29 is 5.11 Å². The monoisotopic (exact) mass is 221 g/mol. The number of fused-ring (bicyclic) bond motifs is 1. The van der Waals surface area contributed by atoms with Crippen molar-refractivity contribution in [2.45, 2.75) is 13.0 Å². The summed E-state index contributed by atoms with van der Waals surface area (Å²) in [7, 11) is 0. The van der Waals surface area contributed by atoms with Crippen LogP contribution in [0.4, 0.5) is 0 Å². The van der Waals surface area contributed by atoms with Gasteiger partial charge in [0.1, 0.15) is 0 Å². The van der Waals surface area contributed by atoms with E-state index in [1.807, 2.05) is 24.3 Å². The van der Waals surface area contributed by atoms with Gasteiger partial charge in [-0.05, 0) is 24.1 Å². The summed E-state index contributed by atoms with van der Waals surface area (Å²) in [5.41, 5.74) is 2.68. The van der Waals surface area contributed by atoms with Gasteiger partial charge < -0.3 is 5.11 Å². The van der Waals surface area contributed by atoms with E-state index in [0.717, 1.165) is 28.6 Å². The smallest absolute Gasteiger partial charge is 0.0856 e. The van der Waals surface area contributed by atoms with Gasteiger partial charge in [0.15, 0.2) is 0 Å². The Bertz CT molecular complexity index is 470. The highest BCUT2D eigenvalue weighted by Gasteiger charge is 2.04. The topological polar surface area (TPSA) is 33.1 Å². The van der Waals surface area contributed by atoms with Crippen LogP contribution < -0.4 is 0 Å². The van der Waals surface area contributed by atoms with Crippen molar-refractivity contribution in [3.8, 4) is 0 Å². The SMILES string of the molecule is OCc1nc2ccccc2cc1CCCl. The Morgan fingerprint density at radius 3 is 2.80 bits per heavy atom. The maximum atomic E-state index is 9.20. The van der Waals surface area contributed by atoms with Crippen LogP contribution in [0, 0.1) is 0 Å². The molecule has 0 fully saturated rings. The van der Waals surface area contributed by atoms with Crippen LogP contribution in [0.3, 0.4) is 0 Å². The van der Waals surface area contributed by atoms with Crippen LogP contribution in [-0.4, -0.2) is 16.0 Å².